The van der Waals surface area contributed by atoms with Crippen LogP contribution in [0.2, 0.25) is 0 Å². The van der Waals surface area contributed by atoms with E-state index in [-0.39, 0.29) is 11.7 Å². The molecule has 0 fully saturated rings. The molecule has 0 unspecified atom stereocenters. The third kappa shape index (κ3) is 4.32. The van der Waals surface area contributed by atoms with Crippen molar-refractivity contribution < 1.29 is 9.59 Å². The van der Waals surface area contributed by atoms with Crippen LogP contribution in [0.1, 0.15) is 27.6 Å². The lowest BCUT2D eigenvalue weighted by molar-refractivity contribution is 0.101. The van der Waals surface area contributed by atoms with Crippen molar-refractivity contribution in [2.45, 2.75) is 6.92 Å². The van der Waals surface area contributed by atoms with Crippen LogP contribution in [0.3, 0.4) is 0 Å². The van der Waals surface area contributed by atoms with Gasteiger partial charge in [-0.05, 0) is 37.3 Å². The van der Waals surface area contributed by atoms with Crippen molar-refractivity contribution in [1.82, 2.24) is 9.97 Å². The highest BCUT2D eigenvalue weighted by molar-refractivity contribution is 6.06. The standard InChI is InChI=1S/C29H21N3O2/c1-19(33)22-13-8-14-24(17-22)30-29(34)23-15-16-25-26(18-23)32-28(21-11-6-3-7-12-21)27(31-25)20-9-4-2-5-10-20/h2-18H,1H3,(H,30,34). The van der Waals surface area contributed by atoms with Crippen molar-refractivity contribution in [2.24, 2.45) is 0 Å². The van der Waals surface area contributed by atoms with E-state index < -0.39 is 0 Å². The summed E-state index contributed by atoms with van der Waals surface area (Å²) in [6.07, 6.45) is 0. The van der Waals surface area contributed by atoms with Gasteiger partial charge in [0.1, 0.15) is 0 Å². The summed E-state index contributed by atoms with van der Waals surface area (Å²) < 4.78 is 0. The summed E-state index contributed by atoms with van der Waals surface area (Å²) >= 11 is 0. The van der Waals surface area contributed by atoms with Crippen LogP contribution in [0.15, 0.2) is 103 Å². The number of hydrogen-bond donors (Lipinski definition) is 1. The first kappa shape index (κ1) is 21.2. The average molecular weight is 444 g/mol. The number of nitrogens with one attached hydrogen (secondary N) is 1. The normalized spacial score (nSPS) is 10.7. The Morgan fingerprint density at radius 2 is 1.24 bits per heavy atom. The predicted octanol–water partition coefficient (Wildman–Crippen LogP) is 6.42. The van der Waals surface area contributed by atoms with Crippen molar-refractivity contribution in [3.8, 4) is 22.5 Å². The average Bonchev–Trinajstić information content (AvgIpc) is 2.88. The lowest BCUT2D eigenvalue weighted by atomic mass is 10.0. The summed E-state index contributed by atoms with van der Waals surface area (Å²) in [5, 5.41) is 2.86. The summed E-state index contributed by atoms with van der Waals surface area (Å²) in [6.45, 7) is 1.50. The number of nitrogens with zero attached hydrogens (tertiary/aromatic N) is 2. The zero-order valence-electron chi connectivity index (χ0n) is 18.5. The molecule has 1 amide bonds. The van der Waals surface area contributed by atoms with E-state index in [0.29, 0.717) is 27.8 Å². The SMILES string of the molecule is CC(=O)c1cccc(NC(=O)c2ccc3nc(-c4ccccc4)c(-c4ccccc4)nc3c2)c1. The Morgan fingerprint density at radius 3 is 1.85 bits per heavy atom. The summed E-state index contributed by atoms with van der Waals surface area (Å²) in [6, 6.07) is 32.0. The number of carbonyl (C=O) groups is 2. The van der Waals surface area contributed by atoms with Crippen molar-refractivity contribution >= 4 is 28.4 Å². The molecule has 0 bridgehead atoms. The van der Waals surface area contributed by atoms with Gasteiger partial charge in [0.05, 0.1) is 22.4 Å². The van der Waals surface area contributed by atoms with Crippen LogP contribution in [-0.2, 0) is 0 Å². The van der Waals surface area contributed by atoms with E-state index in [2.05, 4.69) is 5.32 Å². The second-order valence-corrected chi connectivity index (χ2v) is 7.95. The van der Waals surface area contributed by atoms with E-state index in [0.717, 1.165) is 22.5 Å². The van der Waals surface area contributed by atoms with Gasteiger partial charge < -0.3 is 5.32 Å². The highest BCUT2D eigenvalue weighted by Crippen LogP contribution is 2.31. The number of rotatable bonds is 5. The Balaban J connectivity index is 1.56. The van der Waals surface area contributed by atoms with Gasteiger partial charge in [-0.15, -0.1) is 0 Å². The van der Waals surface area contributed by atoms with E-state index in [9.17, 15) is 9.59 Å². The van der Waals surface area contributed by atoms with Gasteiger partial charge in [-0.2, -0.15) is 0 Å². The molecule has 5 rings (SSSR count). The maximum absolute atomic E-state index is 12.9. The van der Waals surface area contributed by atoms with E-state index in [4.69, 9.17) is 9.97 Å². The number of aromatic nitrogens is 2. The van der Waals surface area contributed by atoms with Gasteiger partial charge in [0, 0.05) is 27.9 Å². The maximum Gasteiger partial charge on any atom is 0.255 e. The van der Waals surface area contributed by atoms with Crippen molar-refractivity contribution in [1.29, 1.82) is 0 Å². The molecule has 1 N–H and O–H groups in total. The van der Waals surface area contributed by atoms with E-state index in [1.165, 1.54) is 6.92 Å². The van der Waals surface area contributed by atoms with Crippen LogP contribution >= 0.6 is 0 Å². The van der Waals surface area contributed by atoms with Crippen molar-refractivity contribution in [3.63, 3.8) is 0 Å². The number of fused-ring (bicyclic) bond motifs is 1. The monoisotopic (exact) mass is 443 g/mol. The molecular weight excluding hydrogens is 422 g/mol. The molecule has 4 aromatic carbocycles. The van der Waals surface area contributed by atoms with Crippen LogP contribution in [0.25, 0.3) is 33.5 Å². The topological polar surface area (TPSA) is 72.0 Å². The molecule has 1 aromatic heterocycles. The molecule has 5 nitrogen and oxygen atoms in total. The van der Waals surface area contributed by atoms with Crippen LogP contribution in [0.4, 0.5) is 5.69 Å². The lowest BCUT2D eigenvalue weighted by Crippen LogP contribution is -2.12. The molecule has 5 heteroatoms. The van der Waals surface area contributed by atoms with Crippen LogP contribution in [-0.4, -0.2) is 21.7 Å². The van der Waals surface area contributed by atoms with Crippen LogP contribution < -0.4 is 5.32 Å². The van der Waals surface area contributed by atoms with E-state index >= 15 is 0 Å². The van der Waals surface area contributed by atoms with Gasteiger partial charge in [-0.25, -0.2) is 9.97 Å². The minimum absolute atomic E-state index is 0.0558. The van der Waals surface area contributed by atoms with Gasteiger partial charge in [0.15, 0.2) is 5.78 Å². The summed E-state index contributed by atoms with van der Waals surface area (Å²) in [4.78, 5) is 34.4. The van der Waals surface area contributed by atoms with Gasteiger partial charge in [-0.3, -0.25) is 9.59 Å². The first-order valence-electron chi connectivity index (χ1n) is 10.9. The molecule has 0 atom stereocenters. The fourth-order valence-corrected chi connectivity index (χ4v) is 3.81. The molecule has 34 heavy (non-hydrogen) atoms. The first-order valence-corrected chi connectivity index (χ1v) is 10.9. The Morgan fingerprint density at radius 1 is 0.618 bits per heavy atom. The number of hydrogen-bond acceptors (Lipinski definition) is 4. The summed E-state index contributed by atoms with van der Waals surface area (Å²) in [5.41, 5.74) is 6.37. The molecule has 0 aliphatic rings. The molecule has 0 saturated carbocycles. The minimum Gasteiger partial charge on any atom is -0.322 e. The number of Topliss-reactive ketones (excluding diaryl/α,β-unsaturated/α-hetero) is 1. The Hall–Kier alpha value is -4.64. The molecule has 0 spiro atoms. The molecule has 0 radical (unpaired) electrons. The molecule has 0 aliphatic heterocycles. The molecule has 164 valence electrons. The Labute approximate surface area is 197 Å². The highest BCUT2D eigenvalue weighted by Gasteiger charge is 2.15. The number of carbonyl (C=O) groups excluding carboxylic acids is 2. The number of benzene rings is 4. The van der Waals surface area contributed by atoms with Crippen molar-refractivity contribution in [3.05, 3.63) is 114 Å². The predicted molar refractivity (Wildman–Crippen MR) is 135 cm³/mol. The number of anilines is 1. The number of amides is 1. The first-order chi connectivity index (χ1) is 16.6. The number of ketones is 1. The quantitative estimate of drug-likeness (QED) is 0.318. The van der Waals surface area contributed by atoms with E-state index in [1.807, 2.05) is 66.7 Å². The zero-order chi connectivity index (χ0) is 23.5. The van der Waals surface area contributed by atoms with E-state index in [1.54, 1.807) is 36.4 Å². The molecule has 0 saturated heterocycles. The Kier molecular flexibility index (Phi) is 5.67. The Bertz CT molecular complexity index is 1510. The fraction of sp³-hybridized carbons (Fsp3) is 0.0345. The van der Waals surface area contributed by atoms with Gasteiger partial charge in [-0.1, -0.05) is 72.8 Å². The second-order valence-electron chi connectivity index (χ2n) is 7.95. The lowest BCUT2D eigenvalue weighted by Gasteiger charge is -2.12. The smallest absolute Gasteiger partial charge is 0.255 e. The zero-order valence-corrected chi connectivity index (χ0v) is 18.5. The largest absolute Gasteiger partial charge is 0.322 e. The minimum atomic E-state index is -0.280. The third-order valence-electron chi connectivity index (χ3n) is 5.55. The molecule has 1 heterocycles. The maximum atomic E-state index is 12.9. The third-order valence-corrected chi connectivity index (χ3v) is 5.55. The van der Waals surface area contributed by atoms with Gasteiger partial charge in [0.2, 0.25) is 0 Å². The van der Waals surface area contributed by atoms with Crippen molar-refractivity contribution in [2.75, 3.05) is 5.32 Å². The summed E-state index contributed by atoms with van der Waals surface area (Å²) in [7, 11) is 0. The molecule has 0 aliphatic carbocycles. The van der Waals surface area contributed by atoms with Crippen LogP contribution in [0.5, 0.6) is 0 Å². The van der Waals surface area contributed by atoms with Gasteiger partial charge >= 0.3 is 0 Å². The molecule has 5 aromatic rings. The highest BCUT2D eigenvalue weighted by atomic mass is 16.1. The second kappa shape index (κ2) is 9.08. The molecular formula is C29H21N3O2. The summed E-state index contributed by atoms with van der Waals surface area (Å²) in [5.74, 6) is -0.336. The van der Waals surface area contributed by atoms with Gasteiger partial charge in [0.25, 0.3) is 5.91 Å². The fourth-order valence-electron chi connectivity index (χ4n) is 3.81. The van der Waals surface area contributed by atoms with Crippen LogP contribution in [0, 0.1) is 0 Å².